The lowest BCUT2D eigenvalue weighted by Gasteiger charge is -2.02. The van der Waals surface area contributed by atoms with Crippen LogP contribution in [-0.4, -0.2) is 26.8 Å². The van der Waals surface area contributed by atoms with Crippen molar-refractivity contribution in [1.29, 1.82) is 0 Å². The molecule has 1 aliphatic carbocycles. The van der Waals surface area contributed by atoms with Gasteiger partial charge in [0.15, 0.2) is 5.82 Å². The van der Waals surface area contributed by atoms with Crippen LogP contribution in [0.2, 0.25) is 0 Å². The lowest BCUT2D eigenvalue weighted by molar-refractivity contribution is -0.116. The Labute approximate surface area is 163 Å². The lowest BCUT2D eigenvalue weighted by atomic mass is 10.2. The van der Waals surface area contributed by atoms with Gasteiger partial charge in [-0.25, -0.2) is 9.48 Å². The molecule has 1 N–H and O–H groups in total. The highest BCUT2D eigenvalue weighted by molar-refractivity contribution is 5.91. The summed E-state index contributed by atoms with van der Waals surface area (Å²) in [6.45, 7) is 0.678. The van der Waals surface area contributed by atoms with E-state index in [1.807, 2.05) is 60.7 Å². The molecule has 1 amide bonds. The van der Waals surface area contributed by atoms with Gasteiger partial charge in [-0.2, -0.15) is 0 Å². The van der Waals surface area contributed by atoms with Crippen LogP contribution < -0.4 is 11.0 Å². The molecule has 2 aromatic carbocycles. The van der Waals surface area contributed by atoms with Crippen LogP contribution in [0, 0.1) is 0 Å². The van der Waals surface area contributed by atoms with E-state index >= 15 is 0 Å². The Morgan fingerprint density at radius 2 is 1.75 bits per heavy atom. The third-order valence-corrected chi connectivity index (χ3v) is 4.66. The Hall–Kier alpha value is -3.41. The summed E-state index contributed by atoms with van der Waals surface area (Å²) >= 11 is 0. The lowest BCUT2D eigenvalue weighted by Crippen LogP contribution is -2.31. The molecule has 1 aliphatic rings. The van der Waals surface area contributed by atoms with Gasteiger partial charge in [0.25, 0.3) is 0 Å². The van der Waals surface area contributed by atoms with E-state index in [2.05, 4.69) is 10.4 Å². The molecule has 0 bridgehead atoms. The Balaban J connectivity index is 1.42. The van der Waals surface area contributed by atoms with Crippen LogP contribution in [0.3, 0.4) is 0 Å². The predicted octanol–water partition coefficient (Wildman–Crippen LogP) is 2.88. The van der Waals surface area contributed by atoms with E-state index in [1.54, 1.807) is 10.6 Å². The molecule has 6 heteroatoms. The first kappa shape index (κ1) is 18.0. The topological polar surface area (TPSA) is 68.9 Å². The van der Waals surface area contributed by atoms with Crippen molar-refractivity contribution in [3.05, 3.63) is 82.8 Å². The minimum Gasteiger partial charge on any atom is -0.351 e. The van der Waals surface area contributed by atoms with Crippen molar-refractivity contribution >= 4 is 12.0 Å². The second kappa shape index (κ2) is 8.08. The van der Waals surface area contributed by atoms with E-state index in [0.29, 0.717) is 18.9 Å². The molecule has 0 aliphatic heterocycles. The Morgan fingerprint density at radius 3 is 2.43 bits per heavy atom. The van der Waals surface area contributed by atoms with Crippen molar-refractivity contribution in [1.82, 2.24) is 19.7 Å². The highest BCUT2D eigenvalue weighted by atomic mass is 16.2. The molecule has 4 rings (SSSR count). The standard InChI is InChI=1S/C22H22N4O2/c27-20(14-11-17-7-3-1-4-8-17)23-15-16-25-22(28)26(19-12-13-19)21(24-25)18-9-5-2-6-10-18/h1-11,14,19H,12-13,15-16H2,(H,23,27)/b14-11+. The number of carbonyl (C=O) groups is 1. The minimum atomic E-state index is -0.193. The van der Waals surface area contributed by atoms with Gasteiger partial charge in [0.2, 0.25) is 5.91 Å². The fourth-order valence-corrected chi connectivity index (χ4v) is 3.09. The maximum Gasteiger partial charge on any atom is 0.346 e. The number of nitrogens with one attached hydrogen (secondary N) is 1. The zero-order valence-corrected chi connectivity index (χ0v) is 15.5. The molecule has 28 heavy (non-hydrogen) atoms. The number of hydrogen-bond donors (Lipinski definition) is 1. The van der Waals surface area contributed by atoms with Gasteiger partial charge in [0, 0.05) is 24.2 Å². The summed E-state index contributed by atoms with van der Waals surface area (Å²) in [4.78, 5) is 24.8. The molecule has 1 saturated carbocycles. The number of nitrogens with zero attached hydrogens (tertiary/aromatic N) is 3. The Morgan fingerprint density at radius 1 is 1.07 bits per heavy atom. The third-order valence-electron chi connectivity index (χ3n) is 4.66. The number of rotatable bonds is 7. The van der Waals surface area contributed by atoms with Crippen LogP contribution in [0.25, 0.3) is 17.5 Å². The molecule has 0 unspecified atom stereocenters. The summed E-state index contributed by atoms with van der Waals surface area (Å²) in [5, 5.41) is 7.34. The number of hydrogen-bond acceptors (Lipinski definition) is 3. The Kier molecular flexibility index (Phi) is 5.19. The summed E-state index contributed by atoms with van der Waals surface area (Å²) in [6.07, 6.45) is 5.27. The van der Waals surface area contributed by atoms with E-state index in [4.69, 9.17) is 0 Å². The molecular weight excluding hydrogens is 352 g/mol. The third kappa shape index (κ3) is 4.11. The highest BCUT2D eigenvalue weighted by Crippen LogP contribution is 2.36. The zero-order chi connectivity index (χ0) is 19.3. The monoisotopic (exact) mass is 374 g/mol. The van der Waals surface area contributed by atoms with Gasteiger partial charge in [-0.05, 0) is 24.5 Å². The summed E-state index contributed by atoms with van der Waals surface area (Å²) < 4.78 is 3.23. The van der Waals surface area contributed by atoms with Crippen molar-refractivity contribution in [2.24, 2.45) is 0 Å². The van der Waals surface area contributed by atoms with Crippen molar-refractivity contribution in [2.75, 3.05) is 6.54 Å². The molecule has 1 heterocycles. The number of carbonyl (C=O) groups excluding carboxylic acids is 1. The maximum atomic E-state index is 12.8. The van der Waals surface area contributed by atoms with Crippen molar-refractivity contribution < 1.29 is 4.79 Å². The molecule has 6 nitrogen and oxygen atoms in total. The van der Waals surface area contributed by atoms with Crippen LogP contribution in [0.15, 0.2) is 71.5 Å². The van der Waals surface area contributed by atoms with Crippen LogP contribution in [0.1, 0.15) is 24.4 Å². The second-order valence-corrected chi connectivity index (χ2v) is 6.83. The molecule has 3 aromatic rings. The van der Waals surface area contributed by atoms with E-state index in [-0.39, 0.29) is 17.6 Å². The van der Waals surface area contributed by atoms with Crippen LogP contribution in [-0.2, 0) is 11.3 Å². The SMILES string of the molecule is O=C(/C=C/c1ccccc1)NCCn1nc(-c2ccccc2)n(C2CC2)c1=O. The smallest absolute Gasteiger partial charge is 0.346 e. The summed E-state index contributed by atoms with van der Waals surface area (Å²) in [5.74, 6) is 0.505. The van der Waals surface area contributed by atoms with Crippen molar-refractivity contribution in [3.63, 3.8) is 0 Å². The number of aromatic nitrogens is 3. The first-order valence-electron chi connectivity index (χ1n) is 9.48. The van der Waals surface area contributed by atoms with E-state index in [1.165, 1.54) is 10.8 Å². The summed E-state index contributed by atoms with van der Waals surface area (Å²) in [6, 6.07) is 19.6. The Bertz CT molecular complexity index is 1030. The molecule has 0 spiro atoms. The summed E-state index contributed by atoms with van der Waals surface area (Å²) in [7, 11) is 0. The summed E-state index contributed by atoms with van der Waals surface area (Å²) in [5.41, 5.74) is 1.78. The van der Waals surface area contributed by atoms with Gasteiger partial charge in [0.1, 0.15) is 0 Å². The van der Waals surface area contributed by atoms with Crippen LogP contribution in [0.5, 0.6) is 0 Å². The molecule has 0 atom stereocenters. The van der Waals surface area contributed by atoms with Gasteiger partial charge >= 0.3 is 5.69 Å². The van der Waals surface area contributed by atoms with Crippen molar-refractivity contribution in [3.8, 4) is 11.4 Å². The average molecular weight is 374 g/mol. The van der Waals surface area contributed by atoms with Gasteiger partial charge in [-0.3, -0.25) is 9.36 Å². The molecule has 0 radical (unpaired) electrons. The van der Waals surface area contributed by atoms with E-state index < -0.39 is 0 Å². The van der Waals surface area contributed by atoms with Gasteiger partial charge in [-0.1, -0.05) is 60.7 Å². The van der Waals surface area contributed by atoms with Crippen LogP contribution in [0.4, 0.5) is 0 Å². The predicted molar refractivity (Wildman–Crippen MR) is 109 cm³/mol. The molecular formula is C22H22N4O2. The molecule has 1 fully saturated rings. The number of benzene rings is 2. The normalized spacial score (nSPS) is 13.7. The van der Waals surface area contributed by atoms with Gasteiger partial charge in [0.05, 0.1) is 6.54 Å². The van der Waals surface area contributed by atoms with Gasteiger partial charge < -0.3 is 5.32 Å². The quantitative estimate of drug-likeness (QED) is 0.647. The van der Waals surface area contributed by atoms with Crippen LogP contribution >= 0.6 is 0 Å². The second-order valence-electron chi connectivity index (χ2n) is 6.83. The van der Waals surface area contributed by atoms with Gasteiger partial charge in [-0.15, -0.1) is 5.10 Å². The molecule has 142 valence electrons. The van der Waals surface area contributed by atoms with E-state index in [9.17, 15) is 9.59 Å². The minimum absolute atomic E-state index is 0.115. The zero-order valence-electron chi connectivity index (χ0n) is 15.5. The van der Waals surface area contributed by atoms with Crippen molar-refractivity contribution in [2.45, 2.75) is 25.4 Å². The molecule has 1 aromatic heterocycles. The largest absolute Gasteiger partial charge is 0.351 e. The molecule has 0 saturated heterocycles. The highest BCUT2D eigenvalue weighted by Gasteiger charge is 2.30. The first-order chi connectivity index (χ1) is 13.7. The number of amides is 1. The fourth-order valence-electron chi connectivity index (χ4n) is 3.09. The average Bonchev–Trinajstić information content (AvgIpc) is 3.52. The fraction of sp³-hybridized carbons (Fsp3) is 0.227. The first-order valence-corrected chi connectivity index (χ1v) is 9.48. The maximum absolute atomic E-state index is 12.8. The van der Waals surface area contributed by atoms with E-state index in [0.717, 1.165) is 24.0 Å².